The number of benzene rings is 1. The predicted octanol–water partition coefficient (Wildman–Crippen LogP) is 4.12. The van der Waals surface area contributed by atoms with Gasteiger partial charge in [0.25, 0.3) is 5.69 Å². The summed E-state index contributed by atoms with van der Waals surface area (Å²) in [6.07, 6.45) is -6.71. The van der Waals surface area contributed by atoms with Gasteiger partial charge < -0.3 is 4.74 Å². The lowest BCUT2D eigenvalue weighted by Crippen LogP contribution is -2.56. The number of esters is 1. The molecule has 0 spiro atoms. The molecule has 134 valence electrons. The lowest BCUT2D eigenvalue weighted by Gasteiger charge is -2.26. The van der Waals surface area contributed by atoms with E-state index in [1.807, 2.05) is 0 Å². The van der Waals surface area contributed by atoms with Crippen LogP contribution in [0.15, 0.2) is 18.2 Å². The molecule has 0 atom stereocenters. The molecule has 0 aliphatic heterocycles. The summed E-state index contributed by atoms with van der Waals surface area (Å²) in [5.41, 5.74) is -1.45. The smallest absolute Gasteiger partial charge is 0.456 e. The lowest BCUT2D eigenvalue weighted by atomic mass is 10.1. The van der Waals surface area contributed by atoms with Gasteiger partial charge in [-0.15, -0.1) is 0 Å². The summed E-state index contributed by atoms with van der Waals surface area (Å²) in [5.74, 6) is -16.1. The van der Waals surface area contributed by atoms with Crippen LogP contribution in [0, 0.1) is 10.1 Å². The molecule has 0 saturated heterocycles. The van der Waals surface area contributed by atoms with Crippen molar-refractivity contribution < 1.29 is 45.2 Å². The van der Waals surface area contributed by atoms with E-state index in [1.54, 1.807) is 0 Å². The van der Waals surface area contributed by atoms with Gasteiger partial charge in [-0.05, 0) is 12.1 Å². The SMILES string of the molecule is O=C(OCc1cccc(Cl)c1[N+](=O)[O-])C(F)(F)C(F)(F)C(F)(F)F. The first kappa shape index (κ1) is 19.9. The Kier molecular flexibility index (Phi) is 5.33. The minimum atomic E-state index is -6.71. The molecule has 0 radical (unpaired) electrons. The van der Waals surface area contributed by atoms with Gasteiger partial charge in [0.05, 0.1) is 10.5 Å². The number of carbonyl (C=O) groups excluding carboxylic acids is 1. The molecule has 0 N–H and O–H groups in total. The molecule has 0 aliphatic rings. The molecule has 0 amide bonds. The fourth-order valence-corrected chi connectivity index (χ4v) is 1.68. The third-order valence-electron chi connectivity index (χ3n) is 2.62. The first-order valence-corrected chi connectivity index (χ1v) is 6.02. The van der Waals surface area contributed by atoms with Crippen molar-refractivity contribution in [1.29, 1.82) is 0 Å². The van der Waals surface area contributed by atoms with Gasteiger partial charge in [0.2, 0.25) is 0 Å². The second-order valence-electron chi connectivity index (χ2n) is 4.23. The van der Waals surface area contributed by atoms with Gasteiger partial charge in [0, 0.05) is 0 Å². The van der Waals surface area contributed by atoms with Crippen molar-refractivity contribution in [1.82, 2.24) is 0 Å². The fraction of sp³-hybridized carbons (Fsp3) is 0.364. The summed E-state index contributed by atoms with van der Waals surface area (Å²) in [4.78, 5) is 20.6. The number of hydrogen-bond donors (Lipinski definition) is 0. The highest BCUT2D eigenvalue weighted by molar-refractivity contribution is 6.32. The van der Waals surface area contributed by atoms with Crippen LogP contribution in [0.4, 0.5) is 36.4 Å². The van der Waals surface area contributed by atoms with Gasteiger partial charge in [0.1, 0.15) is 11.6 Å². The topological polar surface area (TPSA) is 69.4 Å². The monoisotopic (exact) mass is 383 g/mol. The van der Waals surface area contributed by atoms with E-state index >= 15 is 0 Å². The second-order valence-corrected chi connectivity index (χ2v) is 4.63. The van der Waals surface area contributed by atoms with Crippen molar-refractivity contribution in [2.45, 2.75) is 24.6 Å². The van der Waals surface area contributed by atoms with Gasteiger partial charge >= 0.3 is 24.0 Å². The molecule has 0 aromatic heterocycles. The van der Waals surface area contributed by atoms with Crippen LogP contribution in [-0.4, -0.2) is 28.9 Å². The normalized spacial score (nSPS) is 12.8. The molecule has 0 aliphatic carbocycles. The number of nitro groups is 1. The third-order valence-corrected chi connectivity index (χ3v) is 2.92. The lowest BCUT2D eigenvalue weighted by molar-refractivity contribution is -0.385. The standard InChI is InChI=1S/C11H5ClF7NO4/c12-6-3-1-2-5(7(6)20(22)23)4-24-8(21)9(13,14)10(15,16)11(17,18)19/h1-3H,4H2. The van der Waals surface area contributed by atoms with Crippen LogP contribution in [0.2, 0.25) is 5.02 Å². The van der Waals surface area contributed by atoms with Gasteiger partial charge in [-0.2, -0.15) is 30.7 Å². The van der Waals surface area contributed by atoms with E-state index in [9.17, 15) is 45.6 Å². The Morgan fingerprint density at radius 3 is 2.17 bits per heavy atom. The van der Waals surface area contributed by atoms with E-state index in [-0.39, 0.29) is 0 Å². The molecular weight excluding hydrogens is 379 g/mol. The summed E-state index contributed by atoms with van der Waals surface area (Å²) in [6, 6.07) is 3.00. The molecule has 0 saturated carbocycles. The zero-order valence-electron chi connectivity index (χ0n) is 11.0. The summed E-state index contributed by atoms with van der Waals surface area (Å²) in [6.45, 7) is -1.36. The van der Waals surface area contributed by atoms with E-state index in [2.05, 4.69) is 4.74 Å². The summed E-state index contributed by atoms with van der Waals surface area (Å²) < 4.78 is 90.8. The zero-order valence-corrected chi connectivity index (χ0v) is 11.8. The number of ether oxygens (including phenoxy) is 1. The number of nitrogens with zero attached hydrogens (tertiary/aromatic N) is 1. The van der Waals surface area contributed by atoms with Crippen LogP contribution in [0.3, 0.4) is 0 Å². The van der Waals surface area contributed by atoms with Crippen molar-refractivity contribution in [3.05, 3.63) is 38.9 Å². The zero-order chi connectivity index (χ0) is 18.9. The molecule has 0 fully saturated rings. The Balaban J connectivity index is 3.03. The van der Waals surface area contributed by atoms with E-state index < -0.39 is 51.8 Å². The van der Waals surface area contributed by atoms with Gasteiger partial charge in [-0.25, -0.2) is 4.79 Å². The molecule has 0 heterocycles. The van der Waals surface area contributed by atoms with Crippen molar-refractivity contribution in [3.8, 4) is 0 Å². The van der Waals surface area contributed by atoms with Gasteiger partial charge in [-0.3, -0.25) is 10.1 Å². The molecule has 1 aromatic carbocycles. The van der Waals surface area contributed by atoms with Crippen LogP contribution >= 0.6 is 11.6 Å². The second kappa shape index (κ2) is 6.42. The highest BCUT2D eigenvalue weighted by Gasteiger charge is 2.77. The summed E-state index contributed by atoms with van der Waals surface area (Å²) in [7, 11) is 0. The van der Waals surface area contributed by atoms with Crippen LogP contribution in [0.5, 0.6) is 0 Å². The number of nitro benzene ring substituents is 1. The number of halogens is 8. The molecule has 0 unspecified atom stereocenters. The van der Waals surface area contributed by atoms with E-state index in [1.165, 1.54) is 0 Å². The Morgan fingerprint density at radius 1 is 1.17 bits per heavy atom. The average Bonchev–Trinajstić information content (AvgIpc) is 2.42. The molecule has 1 aromatic rings. The number of alkyl halides is 7. The van der Waals surface area contributed by atoms with Gasteiger partial charge in [-0.1, -0.05) is 17.7 Å². The van der Waals surface area contributed by atoms with Crippen LogP contribution < -0.4 is 0 Å². The first-order chi connectivity index (χ1) is 10.7. The molecular formula is C11H5ClF7NO4. The maximum Gasteiger partial charge on any atom is 0.460 e. The van der Waals surface area contributed by atoms with E-state index in [0.29, 0.717) is 0 Å². The maximum atomic E-state index is 13.0. The van der Waals surface area contributed by atoms with Gasteiger partial charge in [0.15, 0.2) is 0 Å². The average molecular weight is 384 g/mol. The number of para-hydroxylation sites is 1. The predicted molar refractivity (Wildman–Crippen MR) is 63.9 cm³/mol. The van der Waals surface area contributed by atoms with Crippen molar-refractivity contribution in [2.75, 3.05) is 0 Å². The van der Waals surface area contributed by atoms with Crippen LogP contribution in [0.1, 0.15) is 5.56 Å². The summed E-state index contributed by atoms with van der Waals surface area (Å²) >= 11 is 5.46. The molecule has 13 heteroatoms. The maximum absolute atomic E-state index is 13.0. The number of rotatable bonds is 5. The van der Waals surface area contributed by atoms with Crippen LogP contribution in [-0.2, 0) is 16.1 Å². The Bertz CT molecular complexity index is 662. The summed E-state index contributed by atoms with van der Waals surface area (Å²) in [5, 5.41) is 10.3. The van der Waals surface area contributed by atoms with Crippen molar-refractivity contribution >= 4 is 23.3 Å². The van der Waals surface area contributed by atoms with E-state index in [4.69, 9.17) is 11.6 Å². The van der Waals surface area contributed by atoms with Crippen molar-refractivity contribution in [3.63, 3.8) is 0 Å². The number of hydrogen-bond acceptors (Lipinski definition) is 4. The highest BCUT2D eigenvalue weighted by atomic mass is 35.5. The Labute approximate surface area is 133 Å². The Hall–Kier alpha value is -2.11. The Morgan fingerprint density at radius 2 is 1.71 bits per heavy atom. The van der Waals surface area contributed by atoms with Crippen molar-refractivity contribution in [2.24, 2.45) is 0 Å². The minimum Gasteiger partial charge on any atom is -0.456 e. The largest absolute Gasteiger partial charge is 0.460 e. The molecule has 0 bridgehead atoms. The third kappa shape index (κ3) is 3.52. The minimum absolute atomic E-state index is 0.485. The van der Waals surface area contributed by atoms with Crippen LogP contribution in [0.25, 0.3) is 0 Å². The van der Waals surface area contributed by atoms with E-state index in [0.717, 1.165) is 18.2 Å². The molecule has 1 rings (SSSR count). The molecule has 5 nitrogen and oxygen atoms in total. The number of carbonyl (C=O) groups is 1. The molecule has 24 heavy (non-hydrogen) atoms. The fourth-order valence-electron chi connectivity index (χ4n) is 1.42. The first-order valence-electron chi connectivity index (χ1n) is 5.65. The quantitative estimate of drug-likeness (QED) is 0.332. The highest BCUT2D eigenvalue weighted by Crippen LogP contribution is 2.47.